The Kier molecular flexibility index (Phi) is 3.66. The molecule has 1 aromatic rings. The molecule has 1 aromatic carbocycles. The second-order valence-electron chi connectivity index (χ2n) is 5.65. The molecule has 4 nitrogen and oxygen atoms in total. The van der Waals surface area contributed by atoms with E-state index in [2.05, 4.69) is 6.58 Å². The number of rotatable bonds is 3. The molecule has 1 aliphatic rings. The number of allylic oxidation sites excluding steroid dienone is 1. The Morgan fingerprint density at radius 1 is 1.35 bits per heavy atom. The normalized spacial score (nSPS) is 23.0. The first kappa shape index (κ1) is 14.3. The minimum absolute atomic E-state index is 0.134. The van der Waals surface area contributed by atoms with Crippen LogP contribution in [-0.2, 0) is 14.3 Å². The number of hydrogen-bond donors (Lipinski definition) is 1. The van der Waals surface area contributed by atoms with E-state index >= 15 is 0 Å². The molecule has 0 amide bonds. The van der Waals surface area contributed by atoms with Gasteiger partial charge in [-0.1, -0.05) is 18.2 Å². The van der Waals surface area contributed by atoms with E-state index in [4.69, 9.17) is 4.74 Å². The minimum Gasteiger partial charge on any atom is -0.508 e. The molecule has 1 heterocycles. The summed E-state index contributed by atoms with van der Waals surface area (Å²) >= 11 is 0. The number of ether oxygens (including phenoxy) is 1. The maximum atomic E-state index is 12.3. The van der Waals surface area contributed by atoms with Crippen LogP contribution in [0.15, 0.2) is 36.9 Å². The zero-order valence-electron chi connectivity index (χ0n) is 11.6. The smallest absolute Gasteiger partial charge is 0.317 e. The highest BCUT2D eigenvalue weighted by Crippen LogP contribution is 2.35. The van der Waals surface area contributed by atoms with Crippen molar-refractivity contribution in [1.29, 1.82) is 0 Å². The van der Waals surface area contributed by atoms with Gasteiger partial charge in [-0.3, -0.25) is 9.59 Å². The van der Waals surface area contributed by atoms with Gasteiger partial charge in [0, 0.05) is 12.3 Å². The molecular formula is C16H18O4. The highest BCUT2D eigenvalue weighted by molar-refractivity contribution is 6.02. The van der Waals surface area contributed by atoms with E-state index in [-0.39, 0.29) is 18.0 Å². The summed E-state index contributed by atoms with van der Waals surface area (Å²) in [6, 6.07) is 6.41. The number of cyclic esters (lactones) is 1. The summed E-state index contributed by atoms with van der Waals surface area (Å²) in [5.41, 5.74) is 0.0125. The van der Waals surface area contributed by atoms with Crippen LogP contribution in [0.1, 0.15) is 31.7 Å². The number of hydrogen-bond acceptors (Lipinski definition) is 4. The molecule has 1 N–H and O–H groups in total. The van der Waals surface area contributed by atoms with Gasteiger partial charge in [-0.2, -0.15) is 0 Å². The van der Waals surface area contributed by atoms with Crippen LogP contribution < -0.4 is 0 Å². The number of esters is 1. The highest BCUT2D eigenvalue weighted by atomic mass is 16.6. The van der Waals surface area contributed by atoms with Gasteiger partial charge in [0.05, 0.1) is 0 Å². The third kappa shape index (κ3) is 2.74. The molecule has 0 spiro atoms. The van der Waals surface area contributed by atoms with Crippen LogP contribution in [0.5, 0.6) is 5.75 Å². The van der Waals surface area contributed by atoms with E-state index in [9.17, 15) is 14.7 Å². The van der Waals surface area contributed by atoms with Crippen LogP contribution in [0, 0.1) is 5.92 Å². The van der Waals surface area contributed by atoms with Crippen LogP contribution >= 0.6 is 0 Å². The summed E-state index contributed by atoms with van der Waals surface area (Å²) in [6.45, 7) is 7.17. The molecule has 0 aromatic heterocycles. The topological polar surface area (TPSA) is 63.6 Å². The van der Waals surface area contributed by atoms with Crippen molar-refractivity contribution in [2.45, 2.75) is 31.8 Å². The maximum Gasteiger partial charge on any atom is 0.317 e. The zero-order chi connectivity index (χ0) is 14.9. The van der Waals surface area contributed by atoms with Crippen molar-refractivity contribution >= 4 is 11.8 Å². The van der Waals surface area contributed by atoms with E-state index in [1.807, 2.05) is 0 Å². The average Bonchev–Trinajstić information content (AvgIpc) is 2.34. The fourth-order valence-corrected chi connectivity index (χ4v) is 2.54. The Balaban J connectivity index is 2.32. The lowest BCUT2D eigenvalue weighted by Gasteiger charge is -2.35. The van der Waals surface area contributed by atoms with Crippen molar-refractivity contribution in [2.24, 2.45) is 5.92 Å². The molecule has 0 aliphatic carbocycles. The number of benzene rings is 1. The molecule has 0 bridgehead atoms. The van der Waals surface area contributed by atoms with Crippen LogP contribution in [0.2, 0.25) is 0 Å². The Labute approximate surface area is 118 Å². The van der Waals surface area contributed by atoms with E-state index in [0.29, 0.717) is 0 Å². The number of carbonyl (C=O) groups is 2. The first-order chi connectivity index (χ1) is 9.34. The molecule has 4 heteroatoms. The molecule has 1 saturated heterocycles. The van der Waals surface area contributed by atoms with Gasteiger partial charge in [0.2, 0.25) is 0 Å². The number of aromatic hydroxyl groups is 1. The van der Waals surface area contributed by atoms with Gasteiger partial charge in [0.25, 0.3) is 0 Å². The lowest BCUT2D eigenvalue weighted by Crippen LogP contribution is -2.45. The predicted octanol–water partition coefficient (Wildman–Crippen LogP) is 2.57. The van der Waals surface area contributed by atoms with Gasteiger partial charge in [-0.05, 0) is 31.5 Å². The lowest BCUT2D eigenvalue weighted by molar-refractivity contribution is -0.173. The van der Waals surface area contributed by atoms with E-state index in [1.165, 1.54) is 12.1 Å². The van der Waals surface area contributed by atoms with Crippen LogP contribution in [0.3, 0.4) is 0 Å². The fraction of sp³-hybridized carbons (Fsp3) is 0.375. The van der Waals surface area contributed by atoms with Crippen LogP contribution in [0.4, 0.5) is 0 Å². The molecule has 106 valence electrons. The minimum atomic E-state index is -0.856. The van der Waals surface area contributed by atoms with Gasteiger partial charge >= 0.3 is 5.97 Å². The molecule has 20 heavy (non-hydrogen) atoms. The van der Waals surface area contributed by atoms with Crippen molar-refractivity contribution in [3.05, 3.63) is 42.5 Å². The van der Waals surface area contributed by atoms with Gasteiger partial charge < -0.3 is 9.84 Å². The van der Waals surface area contributed by atoms with Gasteiger partial charge in [-0.25, -0.2) is 0 Å². The van der Waals surface area contributed by atoms with Gasteiger partial charge in [0.15, 0.2) is 5.78 Å². The molecule has 2 rings (SSSR count). The Hall–Kier alpha value is -2.10. The second-order valence-corrected chi connectivity index (χ2v) is 5.65. The van der Waals surface area contributed by atoms with Gasteiger partial charge in [-0.15, -0.1) is 6.58 Å². The van der Waals surface area contributed by atoms with E-state index in [0.717, 1.165) is 5.56 Å². The number of Topliss-reactive ketones (excluding diaryl/α,β-unsaturated/α-hetero) is 1. The highest BCUT2D eigenvalue weighted by Gasteiger charge is 2.44. The number of ketones is 1. The molecule has 2 atom stereocenters. The SMILES string of the molecule is C=CC(c1ccc(O)cc1)C1C(=O)CC(C)(C)OC1=O. The van der Waals surface area contributed by atoms with Crippen LogP contribution in [-0.4, -0.2) is 22.5 Å². The number of phenols is 1. The summed E-state index contributed by atoms with van der Waals surface area (Å²) in [4.78, 5) is 24.4. The first-order valence-corrected chi connectivity index (χ1v) is 6.51. The number of carbonyl (C=O) groups excluding carboxylic acids is 2. The van der Waals surface area contributed by atoms with E-state index < -0.39 is 23.4 Å². The van der Waals surface area contributed by atoms with E-state index in [1.54, 1.807) is 32.1 Å². The zero-order valence-corrected chi connectivity index (χ0v) is 11.6. The predicted molar refractivity (Wildman–Crippen MR) is 74.3 cm³/mol. The van der Waals surface area contributed by atoms with Gasteiger partial charge in [0.1, 0.15) is 17.3 Å². The largest absolute Gasteiger partial charge is 0.508 e. The molecule has 0 radical (unpaired) electrons. The van der Waals surface area contributed by atoms with Crippen LogP contribution in [0.25, 0.3) is 0 Å². The fourth-order valence-electron chi connectivity index (χ4n) is 2.54. The van der Waals surface area contributed by atoms with Crippen molar-refractivity contribution in [3.8, 4) is 5.75 Å². The quantitative estimate of drug-likeness (QED) is 0.522. The Morgan fingerprint density at radius 3 is 2.45 bits per heavy atom. The average molecular weight is 274 g/mol. The summed E-state index contributed by atoms with van der Waals surface area (Å²) in [5.74, 6) is -1.81. The summed E-state index contributed by atoms with van der Waals surface area (Å²) in [7, 11) is 0. The standard InChI is InChI=1S/C16H18O4/c1-4-12(10-5-7-11(17)8-6-10)14-13(18)9-16(2,3)20-15(14)19/h4-8,12,14,17H,1,9H2,2-3H3. The lowest BCUT2D eigenvalue weighted by atomic mass is 9.78. The van der Waals surface area contributed by atoms with Crippen molar-refractivity contribution in [1.82, 2.24) is 0 Å². The second kappa shape index (κ2) is 5.12. The molecule has 2 unspecified atom stereocenters. The molecular weight excluding hydrogens is 256 g/mol. The summed E-state index contributed by atoms with van der Waals surface area (Å²) < 4.78 is 5.33. The molecule has 1 aliphatic heterocycles. The van der Waals surface area contributed by atoms with Crippen molar-refractivity contribution in [3.63, 3.8) is 0 Å². The third-order valence-electron chi connectivity index (χ3n) is 3.47. The maximum absolute atomic E-state index is 12.3. The van der Waals surface area contributed by atoms with Crippen molar-refractivity contribution < 1.29 is 19.4 Å². The molecule has 1 fully saturated rings. The van der Waals surface area contributed by atoms with Crippen molar-refractivity contribution in [2.75, 3.05) is 0 Å². The third-order valence-corrected chi connectivity index (χ3v) is 3.47. The monoisotopic (exact) mass is 274 g/mol. The number of phenolic OH excluding ortho intramolecular Hbond substituents is 1. The Bertz CT molecular complexity index is 522. The summed E-state index contributed by atoms with van der Waals surface area (Å²) in [6.07, 6.45) is 1.78. The summed E-state index contributed by atoms with van der Waals surface area (Å²) in [5, 5.41) is 9.31. The molecule has 0 saturated carbocycles. The Morgan fingerprint density at radius 2 is 1.95 bits per heavy atom. The first-order valence-electron chi connectivity index (χ1n) is 6.51.